The zero-order chi connectivity index (χ0) is 15.3. The predicted octanol–water partition coefficient (Wildman–Crippen LogP) is 2.59. The lowest BCUT2D eigenvalue weighted by Crippen LogP contribution is -2.46. The number of hydrogen-bond donors (Lipinski definition) is 1. The van der Waals surface area contributed by atoms with E-state index in [0.717, 1.165) is 10.9 Å². The number of nitrogens with zero attached hydrogens (tertiary/aromatic N) is 1. The lowest BCUT2D eigenvalue weighted by atomic mass is 9.99. The minimum absolute atomic E-state index is 0.0138. The molecule has 2 unspecified atom stereocenters. The monoisotopic (exact) mass is 344 g/mol. The molecule has 0 aromatic carbocycles. The molecular formula is C14H21BrN2O3. The van der Waals surface area contributed by atoms with E-state index in [4.69, 9.17) is 4.74 Å². The second kappa shape index (κ2) is 7.47. The molecule has 1 rings (SSSR count). The molecule has 0 saturated heterocycles. The number of nitrogens with one attached hydrogen (secondary N) is 1. The number of aromatic nitrogens is 1. The minimum atomic E-state index is -0.628. The molecule has 20 heavy (non-hydrogen) atoms. The predicted molar refractivity (Wildman–Crippen MR) is 80.5 cm³/mol. The molecule has 1 aromatic rings. The van der Waals surface area contributed by atoms with Crippen molar-refractivity contribution in [2.45, 2.75) is 39.8 Å². The molecule has 0 radical (unpaired) electrons. The number of halogens is 1. The van der Waals surface area contributed by atoms with Crippen LogP contribution in [0.2, 0.25) is 0 Å². The maximum absolute atomic E-state index is 12.3. The first-order chi connectivity index (χ1) is 9.44. The second-order valence-electron chi connectivity index (χ2n) is 4.69. The summed E-state index contributed by atoms with van der Waals surface area (Å²) in [5, 5.41) is 2.77. The maximum Gasteiger partial charge on any atom is 0.328 e. The van der Waals surface area contributed by atoms with Crippen LogP contribution in [0.4, 0.5) is 0 Å². The summed E-state index contributed by atoms with van der Waals surface area (Å²) >= 11 is 3.35. The van der Waals surface area contributed by atoms with E-state index < -0.39 is 12.0 Å². The molecule has 1 amide bonds. The fraction of sp³-hybridized carbons (Fsp3) is 0.571. The summed E-state index contributed by atoms with van der Waals surface area (Å²) < 4.78 is 7.42. The van der Waals surface area contributed by atoms with Crippen LogP contribution in [-0.4, -0.2) is 29.6 Å². The molecule has 2 atom stereocenters. The summed E-state index contributed by atoms with van der Waals surface area (Å²) in [5.74, 6) is -0.672. The first kappa shape index (κ1) is 16.8. The average molecular weight is 345 g/mol. The number of ether oxygens (including phenoxy) is 1. The van der Waals surface area contributed by atoms with Gasteiger partial charge < -0.3 is 14.6 Å². The zero-order valence-electron chi connectivity index (χ0n) is 12.3. The van der Waals surface area contributed by atoms with Crippen molar-refractivity contribution in [3.63, 3.8) is 0 Å². The van der Waals surface area contributed by atoms with Crippen LogP contribution in [0.1, 0.15) is 37.7 Å². The van der Waals surface area contributed by atoms with E-state index in [1.165, 1.54) is 7.11 Å². The molecule has 0 saturated carbocycles. The molecule has 0 spiro atoms. The minimum Gasteiger partial charge on any atom is -0.467 e. The lowest BCUT2D eigenvalue weighted by molar-refractivity contribution is -0.144. The number of hydrogen-bond acceptors (Lipinski definition) is 3. The molecule has 0 aliphatic heterocycles. The van der Waals surface area contributed by atoms with Gasteiger partial charge in [-0.1, -0.05) is 20.3 Å². The smallest absolute Gasteiger partial charge is 0.328 e. The Morgan fingerprint density at radius 1 is 1.45 bits per heavy atom. The van der Waals surface area contributed by atoms with Gasteiger partial charge in [0.25, 0.3) is 5.91 Å². The Kier molecular flexibility index (Phi) is 6.26. The highest BCUT2D eigenvalue weighted by atomic mass is 79.9. The van der Waals surface area contributed by atoms with E-state index in [1.54, 1.807) is 6.07 Å². The third-order valence-electron chi connectivity index (χ3n) is 3.39. The summed E-state index contributed by atoms with van der Waals surface area (Å²) in [6.45, 7) is 6.52. The van der Waals surface area contributed by atoms with Gasteiger partial charge in [0.05, 0.1) is 7.11 Å². The molecule has 1 heterocycles. The Morgan fingerprint density at radius 2 is 2.10 bits per heavy atom. The number of esters is 1. The molecule has 0 fully saturated rings. The normalized spacial score (nSPS) is 13.7. The molecule has 0 aliphatic carbocycles. The van der Waals surface area contributed by atoms with Crippen LogP contribution >= 0.6 is 15.9 Å². The van der Waals surface area contributed by atoms with Crippen LogP contribution in [-0.2, 0) is 16.1 Å². The Morgan fingerprint density at radius 3 is 2.60 bits per heavy atom. The zero-order valence-corrected chi connectivity index (χ0v) is 13.9. The number of methoxy groups -OCH3 is 1. The molecule has 112 valence electrons. The maximum atomic E-state index is 12.3. The molecule has 6 heteroatoms. The van der Waals surface area contributed by atoms with Gasteiger partial charge in [0.1, 0.15) is 11.7 Å². The van der Waals surface area contributed by atoms with Crippen molar-refractivity contribution in [1.82, 2.24) is 9.88 Å². The van der Waals surface area contributed by atoms with Crippen LogP contribution in [0.15, 0.2) is 16.7 Å². The Balaban J connectivity index is 2.92. The highest BCUT2D eigenvalue weighted by Gasteiger charge is 2.27. The summed E-state index contributed by atoms with van der Waals surface area (Å²) in [6, 6.07) is 1.11. The first-order valence-corrected chi connectivity index (χ1v) is 7.48. The van der Waals surface area contributed by atoms with Crippen molar-refractivity contribution >= 4 is 27.8 Å². The molecule has 0 aliphatic rings. The van der Waals surface area contributed by atoms with Crippen LogP contribution in [0.3, 0.4) is 0 Å². The second-order valence-corrected chi connectivity index (χ2v) is 5.61. The summed E-state index contributed by atoms with van der Waals surface area (Å²) in [6.07, 6.45) is 2.61. The number of rotatable bonds is 6. The average Bonchev–Trinajstić information content (AvgIpc) is 2.84. The summed E-state index contributed by atoms with van der Waals surface area (Å²) in [4.78, 5) is 24.1. The molecule has 5 nitrogen and oxygen atoms in total. The Labute approximate surface area is 127 Å². The molecule has 1 aromatic heterocycles. The van der Waals surface area contributed by atoms with Gasteiger partial charge in [-0.2, -0.15) is 0 Å². The summed E-state index contributed by atoms with van der Waals surface area (Å²) in [7, 11) is 1.33. The quantitative estimate of drug-likeness (QED) is 0.807. The first-order valence-electron chi connectivity index (χ1n) is 6.68. The molecule has 1 N–H and O–H groups in total. The number of aryl methyl sites for hydroxylation is 1. The third-order valence-corrected chi connectivity index (χ3v) is 3.82. The highest BCUT2D eigenvalue weighted by molar-refractivity contribution is 9.10. The van der Waals surface area contributed by atoms with E-state index in [9.17, 15) is 9.59 Å². The number of carbonyl (C=O) groups excluding carboxylic acids is 2. The number of amides is 1. The van der Waals surface area contributed by atoms with Gasteiger partial charge in [0.2, 0.25) is 0 Å². The van der Waals surface area contributed by atoms with Gasteiger partial charge >= 0.3 is 5.97 Å². The van der Waals surface area contributed by atoms with Crippen LogP contribution in [0, 0.1) is 5.92 Å². The Bertz CT molecular complexity index is 485. The third kappa shape index (κ3) is 3.85. The van der Waals surface area contributed by atoms with E-state index in [1.807, 2.05) is 31.5 Å². The van der Waals surface area contributed by atoms with Crippen LogP contribution < -0.4 is 5.32 Å². The van der Waals surface area contributed by atoms with Gasteiger partial charge in [0.15, 0.2) is 0 Å². The lowest BCUT2D eigenvalue weighted by Gasteiger charge is -2.22. The fourth-order valence-electron chi connectivity index (χ4n) is 1.94. The SMILES string of the molecule is CCC(C)C(NC(=O)c1cc(Br)cn1CC)C(=O)OC. The Hall–Kier alpha value is -1.30. The van der Waals surface area contributed by atoms with Crippen molar-refractivity contribution in [1.29, 1.82) is 0 Å². The largest absolute Gasteiger partial charge is 0.467 e. The molecular weight excluding hydrogens is 324 g/mol. The van der Waals surface area contributed by atoms with Gasteiger partial charge in [-0.3, -0.25) is 4.79 Å². The van der Waals surface area contributed by atoms with Gasteiger partial charge in [0, 0.05) is 17.2 Å². The fourth-order valence-corrected chi connectivity index (χ4v) is 2.40. The van der Waals surface area contributed by atoms with Crippen LogP contribution in [0.5, 0.6) is 0 Å². The standard InChI is InChI=1S/C14H21BrN2O3/c1-5-9(3)12(14(19)20-4)16-13(18)11-7-10(15)8-17(11)6-2/h7-9,12H,5-6H2,1-4H3,(H,16,18). The summed E-state index contributed by atoms with van der Waals surface area (Å²) in [5.41, 5.74) is 0.525. The van der Waals surface area contributed by atoms with E-state index in [-0.39, 0.29) is 11.8 Å². The van der Waals surface area contributed by atoms with Crippen molar-refractivity contribution in [3.05, 3.63) is 22.4 Å². The molecule has 0 bridgehead atoms. The topological polar surface area (TPSA) is 60.3 Å². The van der Waals surface area contributed by atoms with Gasteiger partial charge in [-0.05, 0) is 34.8 Å². The van der Waals surface area contributed by atoms with Crippen molar-refractivity contribution in [3.8, 4) is 0 Å². The van der Waals surface area contributed by atoms with Gasteiger partial charge in [-0.15, -0.1) is 0 Å². The van der Waals surface area contributed by atoms with Crippen molar-refractivity contribution < 1.29 is 14.3 Å². The van der Waals surface area contributed by atoms with E-state index in [2.05, 4.69) is 21.2 Å². The van der Waals surface area contributed by atoms with E-state index in [0.29, 0.717) is 12.2 Å². The van der Waals surface area contributed by atoms with Crippen LogP contribution in [0.25, 0.3) is 0 Å². The van der Waals surface area contributed by atoms with Crippen molar-refractivity contribution in [2.75, 3.05) is 7.11 Å². The van der Waals surface area contributed by atoms with Crippen molar-refractivity contribution in [2.24, 2.45) is 5.92 Å². The number of carbonyl (C=O) groups is 2. The highest BCUT2D eigenvalue weighted by Crippen LogP contribution is 2.16. The van der Waals surface area contributed by atoms with E-state index >= 15 is 0 Å². The van der Waals surface area contributed by atoms with Gasteiger partial charge in [-0.25, -0.2) is 4.79 Å².